The zero-order valence-corrected chi connectivity index (χ0v) is 25.5. The van der Waals surface area contributed by atoms with E-state index in [0.29, 0.717) is 31.5 Å². The molecule has 1 N–H and O–H groups in total. The summed E-state index contributed by atoms with van der Waals surface area (Å²) in [4.78, 5) is 9.24. The lowest BCUT2D eigenvalue weighted by atomic mass is 9.83. The summed E-state index contributed by atoms with van der Waals surface area (Å²) in [6.07, 6.45) is 3.60. The number of fused-ring (bicyclic) bond motifs is 2. The average Bonchev–Trinajstić information content (AvgIpc) is 3.41. The van der Waals surface area contributed by atoms with Gasteiger partial charge >= 0.3 is 0 Å². The van der Waals surface area contributed by atoms with Crippen molar-refractivity contribution in [3.8, 4) is 17.3 Å². The highest BCUT2D eigenvalue weighted by Crippen LogP contribution is 2.45. The van der Waals surface area contributed by atoms with Gasteiger partial charge in [-0.2, -0.15) is 10.4 Å². The predicted octanol–water partition coefficient (Wildman–Crippen LogP) is 6.49. The Morgan fingerprint density at radius 2 is 1.97 bits per heavy atom. The molecule has 0 bridgehead atoms. The van der Waals surface area contributed by atoms with Crippen molar-refractivity contribution >= 4 is 20.1 Å². The number of aromatic nitrogens is 4. The van der Waals surface area contributed by atoms with Gasteiger partial charge in [0, 0.05) is 29.8 Å². The second-order valence-electron chi connectivity index (χ2n) is 13.4. The molecule has 3 heterocycles. The molecule has 0 saturated heterocycles. The fourth-order valence-corrected chi connectivity index (χ4v) is 6.22. The summed E-state index contributed by atoms with van der Waals surface area (Å²) in [5, 5.41) is 18.1. The lowest BCUT2D eigenvalue weighted by molar-refractivity contribution is -0.0660. The van der Waals surface area contributed by atoms with E-state index in [4.69, 9.17) is 14.1 Å². The van der Waals surface area contributed by atoms with E-state index in [1.54, 1.807) is 6.20 Å². The SMILES string of the molecule is CC1(C)Cn2nc(Nc3nccc(-c4cc(C#N)c5c(c4)C(C)(CO[Si](C)(C)C(C)(C)C)CC5)n3)cc2CO1. The molecule has 0 saturated carbocycles. The highest BCUT2D eigenvalue weighted by atomic mass is 28.4. The van der Waals surface area contributed by atoms with Crippen LogP contribution >= 0.6 is 0 Å². The standard InChI is InChI=1S/C30H40N6O2Si/c1-28(2,3)39(7,8)38-19-30(6)11-9-23-21(16-31)13-20(14-24(23)30)25-10-12-32-27(33-25)34-26-15-22-17-37-29(4,5)18-36(22)35-26/h10,12-15H,9,11,17-19H2,1-8H3,(H,32,33,34,35). The van der Waals surface area contributed by atoms with Crippen LogP contribution in [0.3, 0.4) is 0 Å². The van der Waals surface area contributed by atoms with Crippen LogP contribution in [0.1, 0.15) is 70.3 Å². The lowest BCUT2D eigenvalue weighted by Crippen LogP contribution is -2.44. The van der Waals surface area contributed by atoms with Crippen molar-refractivity contribution in [2.75, 3.05) is 11.9 Å². The van der Waals surface area contributed by atoms with Crippen molar-refractivity contribution in [1.29, 1.82) is 5.26 Å². The molecule has 3 aromatic rings. The van der Waals surface area contributed by atoms with Crippen LogP contribution in [0.2, 0.25) is 18.1 Å². The summed E-state index contributed by atoms with van der Waals surface area (Å²) in [7, 11) is -1.91. The Bertz CT molecular complexity index is 1450. The van der Waals surface area contributed by atoms with Gasteiger partial charge in [-0.15, -0.1) is 0 Å². The van der Waals surface area contributed by atoms with Gasteiger partial charge < -0.3 is 14.5 Å². The summed E-state index contributed by atoms with van der Waals surface area (Å²) in [6.45, 7) is 19.7. The highest BCUT2D eigenvalue weighted by molar-refractivity contribution is 6.74. The van der Waals surface area contributed by atoms with Gasteiger partial charge in [-0.3, -0.25) is 4.68 Å². The monoisotopic (exact) mass is 544 g/mol. The smallest absolute Gasteiger partial charge is 0.228 e. The molecule has 0 radical (unpaired) electrons. The lowest BCUT2D eigenvalue weighted by Gasteiger charge is -2.39. The molecule has 1 aromatic carbocycles. The van der Waals surface area contributed by atoms with E-state index in [0.717, 1.165) is 40.9 Å². The molecule has 9 heteroatoms. The second kappa shape index (κ2) is 9.54. The van der Waals surface area contributed by atoms with Gasteiger partial charge in [-0.05, 0) is 74.1 Å². The Kier molecular flexibility index (Phi) is 6.73. The Hall–Kier alpha value is -3.06. The minimum atomic E-state index is -1.91. The van der Waals surface area contributed by atoms with Gasteiger partial charge in [0.2, 0.25) is 5.95 Å². The van der Waals surface area contributed by atoms with Crippen molar-refractivity contribution in [3.63, 3.8) is 0 Å². The van der Waals surface area contributed by atoms with Crippen LogP contribution in [0.15, 0.2) is 30.5 Å². The maximum Gasteiger partial charge on any atom is 0.228 e. The van der Waals surface area contributed by atoms with Gasteiger partial charge in [-0.1, -0.05) is 27.7 Å². The van der Waals surface area contributed by atoms with Crippen LogP contribution in [0.5, 0.6) is 0 Å². The molecule has 1 aliphatic heterocycles. The average molecular weight is 545 g/mol. The molecule has 39 heavy (non-hydrogen) atoms. The van der Waals surface area contributed by atoms with Gasteiger partial charge in [0.05, 0.1) is 41.8 Å². The van der Waals surface area contributed by atoms with Gasteiger partial charge in [0.15, 0.2) is 14.1 Å². The van der Waals surface area contributed by atoms with Crippen LogP contribution in [0, 0.1) is 11.3 Å². The van der Waals surface area contributed by atoms with E-state index in [-0.39, 0.29) is 16.1 Å². The van der Waals surface area contributed by atoms with E-state index in [2.05, 4.69) is 82.2 Å². The zero-order chi connectivity index (χ0) is 28.2. The molecular weight excluding hydrogens is 504 g/mol. The molecule has 1 unspecified atom stereocenters. The summed E-state index contributed by atoms with van der Waals surface area (Å²) in [6, 6.07) is 10.5. The maximum atomic E-state index is 10.0. The predicted molar refractivity (Wildman–Crippen MR) is 155 cm³/mol. The third-order valence-electron chi connectivity index (χ3n) is 8.70. The summed E-state index contributed by atoms with van der Waals surface area (Å²) in [5.41, 5.74) is 5.36. The van der Waals surface area contributed by atoms with Crippen LogP contribution in [0.25, 0.3) is 11.3 Å². The number of nitriles is 1. The molecule has 2 aliphatic rings. The first-order valence-electron chi connectivity index (χ1n) is 13.7. The molecule has 0 spiro atoms. The van der Waals surface area contributed by atoms with Crippen LogP contribution in [0.4, 0.5) is 11.8 Å². The molecule has 5 rings (SSSR count). The third kappa shape index (κ3) is 5.38. The van der Waals surface area contributed by atoms with E-state index in [1.807, 2.05) is 22.9 Å². The van der Waals surface area contributed by atoms with E-state index >= 15 is 0 Å². The number of anilines is 2. The Morgan fingerprint density at radius 1 is 1.21 bits per heavy atom. The summed E-state index contributed by atoms with van der Waals surface area (Å²) >= 11 is 0. The van der Waals surface area contributed by atoms with Crippen molar-refractivity contribution in [2.24, 2.45) is 0 Å². The maximum absolute atomic E-state index is 10.0. The van der Waals surface area contributed by atoms with Gasteiger partial charge in [0.1, 0.15) is 0 Å². The quantitative estimate of drug-likeness (QED) is 0.354. The fourth-order valence-electron chi connectivity index (χ4n) is 5.11. The second-order valence-corrected chi connectivity index (χ2v) is 18.2. The van der Waals surface area contributed by atoms with Crippen molar-refractivity contribution in [3.05, 3.63) is 52.8 Å². The number of ether oxygens (including phenoxy) is 1. The first-order valence-corrected chi connectivity index (χ1v) is 16.6. The minimum Gasteiger partial charge on any atom is -0.416 e. The number of rotatable bonds is 6. The van der Waals surface area contributed by atoms with Crippen molar-refractivity contribution in [1.82, 2.24) is 19.7 Å². The number of hydrogen-bond donors (Lipinski definition) is 1. The molecule has 0 amide bonds. The van der Waals surface area contributed by atoms with Gasteiger partial charge in [0.25, 0.3) is 0 Å². The van der Waals surface area contributed by atoms with Gasteiger partial charge in [-0.25, -0.2) is 9.97 Å². The molecule has 0 fully saturated rings. The van der Waals surface area contributed by atoms with Crippen LogP contribution in [-0.2, 0) is 34.2 Å². The zero-order valence-electron chi connectivity index (χ0n) is 24.5. The Morgan fingerprint density at radius 3 is 2.69 bits per heavy atom. The number of benzene rings is 1. The van der Waals surface area contributed by atoms with E-state index < -0.39 is 8.32 Å². The Balaban J connectivity index is 1.42. The number of nitrogens with zero attached hydrogens (tertiary/aromatic N) is 5. The van der Waals surface area contributed by atoms with Crippen molar-refractivity contribution < 1.29 is 9.16 Å². The summed E-state index contributed by atoms with van der Waals surface area (Å²) < 4.78 is 14.6. The highest BCUT2D eigenvalue weighted by Gasteiger charge is 2.42. The molecule has 206 valence electrons. The first kappa shape index (κ1) is 27.5. The normalized spacial score (nSPS) is 20.3. The Labute approximate surface area is 232 Å². The molecular formula is C30H40N6O2Si. The molecule has 8 nitrogen and oxygen atoms in total. The van der Waals surface area contributed by atoms with E-state index in [1.165, 1.54) is 5.56 Å². The van der Waals surface area contributed by atoms with Crippen LogP contribution < -0.4 is 5.32 Å². The van der Waals surface area contributed by atoms with E-state index in [9.17, 15) is 5.26 Å². The number of hydrogen-bond acceptors (Lipinski definition) is 7. The first-order chi connectivity index (χ1) is 18.2. The fraction of sp³-hybridized carbons (Fsp3) is 0.533. The third-order valence-corrected chi connectivity index (χ3v) is 13.2. The topological polar surface area (TPSA) is 97.9 Å². The minimum absolute atomic E-state index is 0.145. The molecule has 1 atom stereocenters. The number of nitrogens with one attached hydrogen (secondary N) is 1. The summed E-state index contributed by atoms with van der Waals surface area (Å²) in [5.74, 6) is 1.15. The largest absolute Gasteiger partial charge is 0.416 e. The van der Waals surface area contributed by atoms with Crippen molar-refractivity contribution in [2.45, 2.75) is 96.7 Å². The molecule has 2 aromatic heterocycles. The molecule has 1 aliphatic carbocycles. The van der Waals surface area contributed by atoms with Crippen LogP contribution in [-0.4, -0.2) is 40.3 Å².